The van der Waals surface area contributed by atoms with E-state index in [1.54, 1.807) is 12.1 Å². The van der Waals surface area contributed by atoms with Crippen LogP contribution in [0.1, 0.15) is 32.3 Å². The summed E-state index contributed by atoms with van der Waals surface area (Å²) in [4.78, 5) is 14.2. The van der Waals surface area contributed by atoms with Crippen molar-refractivity contribution < 1.29 is 22.1 Å². The van der Waals surface area contributed by atoms with Gasteiger partial charge in [-0.3, -0.25) is 4.79 Å². The zero-order valence-corrected chi connectivity index (χ0v) is 14.7. The van der Waals surface area contributed by atoms with E-state index in [1.807, 2.05) is 24.8 Å². The lowest BCUT2D eigenvalue weighted by Gasteiger charge is -2.25. The van der Waals surface area contributed by atoms with Crippen LogP contribution in [0.4, 0.5) is 0 Å². The summed E-state index contributed by atoms with van der Waals surface area (Å²) < 4.78 is 32.9. The highest BCUT2D eigenvalue weighted by molar-refractivity contribution is 7.86. The van der Waals surface area contributed by atoms with E-state index >= 15 is 0 Å². The van der Waals surface area contributed by atoms with Gasteiger partial charge in [-0.15, -0.1) is 0 Å². The molecule has 1 aliphatic rings. The van der Waals surface area contributed by atoms with Gasteiger partial charge in [0.25, 0.3) is 0 Å². The number of rotatable bonds is 7. The molecule has 0 saturated heterocycles. The molecule has 0 aliphatic heterocycles. The molecular weight excluding hydrogens is 318 g/mol. The summed E-state index contributed by atoms with van der Waals surface area (Å²) in [5.41, 5.74) is 0.811. The van der Waals surface area contributed by atoms with Crippen molar-refractivity contribution >= 4 is 16.0 Å². The van der Waals surface area contributed by atoms with Crippen molar-refractivity contribution in [2.24, 2.45) is 5.92 Å². The minimum Gasteiger partial charge on any atom is -0.493 e. The molecule has 23 heavy (non-hydrogen) atoms. The highest BCUT2D eigenvalue weighted by Crippen LogP contribution is 2.33. The molecular formula is C16H23NO5S. The summed E-state index contributed by atoms with van der Waals surface area (Å²) in [7, 11) is -2.20. The molecule has 2 rings (SSSR count). The Morgan fingerprint density at radius 2 is 1.96 bits per heavy atom. The fourth-order valence-corrected chi connectivity index (χ4v) is 2.81. The standard InChI is InChI=1S/C16H23NO5S/c1-11(2)16(18)17(13-6-7-13)10-12-5-8-14(21-3)15(9-12)22-23(4,19)20/h5,8-9,11,13H,6-7,10H2,1-4H3. The van der Waals surface area contributed by atoms with Gasteiger partial charge < -0.3 is 13.8 Å². The first-order valence-corrected chi connectivity index (χ1v) is 9.39. The van der Waals surface area contributed by atoms with E-state index in [-0.39, 0.29) is 23.6 Å². The number of methoxy groups -OCH3 is 1. The molecule has 0 radical (unpaired) electrons. The van der Waals surface area contributed by atoms with E-state index in [0.717, 1.165) is 24.7 Å². The third-order valence-corrected chi connectivity index (χ3v) is 4.07. The largest absolute Gasteiger partial charge is 0.493 e. The van der Waals surface area contributed by atoms with Gasteiger partial charge in [-0.25, -0.2) is 0 Å². The lowest BCUT2D eigenvalue weighted by molar-refractivity contribution is -0.135. The average molecular weight is 341 g/mol. The number of hydrogen-bond donors (Lipinski definition) is 0. The van der Waals surface area contributed by atoms with Gasteiger partial charge in [0.05, 0.1) is 13.4 Å². The quantitative estimate of drug-likeness (QED) is 0.711. The molecule has 1 amide bonds. The smallest absolute Gasteiger partial charge is 0.306 e. The van der Waals surface area contributed by atoms with Crippen molar-refractivity contribution in [1.29, 1.82) is 0 Å². The minimum atomic E-state index is -3.65. The highest BCUT2D eigenvalue weighted by Gasteiger charge is 2.33. The van der Waals surface area contributed by atoms with Gasteiger partial charge in [0.1, 0.15) is 0 Å². The lowest BCUT2D eigenvalue weighted by Crippen LogP contribution is -2.35. The molecule has 1 aliphatic carbocycles. The number of hydrogen-bond acceptors (Lipinski definition) is 5. The topological polar surface area (TPSA) is 72.9 Å². The summed E-state index contributed by atoms with van der Waals surface area (Å²) in [5, 5.41) is 0. The van der Waals surface area contributed by atoms with Crippen LogP contribution in [0.2, 0.25) is 0 Å². The lowest BCUT2D eigenvalue weighted by atomic mass is 10.1. The fraction of sp³-hybridized carbons (Fsp3) is 0.562. The normalized spacial score (nSPS) is 14.7. The summed E-state index contributed by atoms with van der Waals surface area (Å²) in [6.45, 7) is 4.19. The first kappa shape index (κ1) is 17.6. The van der Waals surface area contributed by atoms with Crippen LogP contribution in [0.3, 0.4) is 0 Å². The summed E-state index contributed by atoms with van der Waals surface area (Å²) in [6.07, 6.45) is 3.01. The van der Waals surface area contributed by atoms with Crippen molar-refractivity contribution in [3.05, 3.63) is 23.8 Å². The maximum absolute atomic E-state index is 12.3. The van der Waals surface area contributed by atoms with Gasteiger partial charge in [-0.05, 0) is 30.5 Å². The van der Waals surface area contributed by atoms with Gasteiger partial charge in [0, 0.05) is 18.5 Å². The number of nitrogens with zero attached hydrogens (tertiary/aromatic N) is 1. The van der Waals surface area contributed by atoms with Gasteiger partial charge >= 0.3 is 10.1 Å². The van der Waals surface area contributed by atoms with E-state index in [4.69, 9.17) is 8.92 Å². The van der Waals surface area contributed by atoms with Crippen LogP contribution in [0.15, 0.2) is 18.2 Å². The molecule has 0 aromatic heterocycles. The van der Waals surface area contributed by atoms with E-state index < -0.39 is 10.1 Å². The van der Waals surface area contributed by atoms with Gasteiger partial charge in [0.15, 0.2) is 11.5 Å². The molecule has 0 N–H and O–H groups in total. The minimum absolute atomic E-state index is 0.0689. The molecule has 1 aromatic carbocycles. The molecule has 1 fully saturated rings. The highest BCUT2D eigenvalue weighted by atomic mass is 32.2. The van der Waals surface area contributed by atoms with E-state index in [1.165, 1.54) is 7.11 Å². The van der Waals surface area contributed by atoms with Crippen LogP contribution < -0.4 is 8.92 Å². The molecule has 1 saturated carbocycles. The Labute approximate surface area is 137 Å². The molecule has 7 heteroatoms. The molecule has 0 bridgehead atoms. The van der Waals surface area contributed by atoms with Crippen molar-refractivity contribution in [3.8, 4) is 11.5 Å². The Morgan fingerprint density at radius 1 is 1.30 bits per heavy atom. The Kier molecular flexibility index (Phi) is 5.19. The summed E-state index contributed by atoms with van der Waals surface area (Å²) >= 11 is 0. The Bertz CT molecular complexity index is 680. The van der Waals surface area contributed by atoms with E-state index in [0.29, 0.717) is 12.3 Å². The van der Waals surface area contributed by atoms with Crippen molar-refractivity contribution in [2.45, 2.75) is 39.3 Å². The molecule has 0 heterocycles. The predicted molar refractivity (Wildman–Crippen MR) is 86.9 cm³/mol. The van der Waals surface area contributed by atoms with Crippen LogP contribution in [0.5, 0.6) is 11.5 Å². The number of amides is 1. The Balaban J connectivity index is 2.25. The van der Waals surface area contributed by atoms with Crippen molar-refractivity contribution in [2.75, 3.05) is 13.4 Å². The van der Waals surface area contributed by atoms with E-state index in [2.05, 4.69) is 0 Å². The van der Waals surface area contributed by atoms with Crippen molar-refractivity contribution in [1.82, 2.24) is 4.90 Å². The first-order chi connectivity index (χ1) is 10.7. The van der Waals surface area contributed by atoms with Crippen LogP contribution >= 0.6 is 0 Å². The van der Waals surface area contributed by atoms with Crippen LogP contribution in [-0.4, -0.2) is 38.6 Å². The van der Waals surface area contributed by atoms with Crippen LogP contribution in [0.25, 0.3) is 0 Å². The van der Waals surface area contributed by atoms with E-state index in [9.17, 15) is 13.2 Å². The number of carbonyl (C=O) groups is 1. The predicted octanol–water partition coefficient (Wildman–Crippen LogP) is 2.18. The van der Waals surface area contributed by atoms with Crippen molar-refractivity contribution in [3.63, 3.8) is 0 Å². The summed E-state index contributed by atoms with van der Waals surface area (Å²) in [5.74, 6) is 0.516. The third kappa shape index (κ3) is 4.86. The second-order valence-corrected chi connectivity index (χ2v) is 7.70. The van der Waals surface area contributed by atoms with Gasteiger partial charge in [-0.1, -0.05) is 19.9 Å². The maximum Gasteiger partial charge on any atom is 0.306 e. The second-order valence-electron chi connectivity index (χ2n) is 6.12. The monoisotopic (exact) mass is 341 g/mol. The first-order valence-electron chi connectivity index (χ1n) is 7.58. The average Bonchev–Trinajstić information content (AvgIpc) is 3.27. The van der Waals surface area contributed by atoms with Gasteiger partial charge in [-0.2, -0.15) is 8.42 Å². The molecule has 1 aromatic rings. The maximum atomic E-state index is 12.3. The number of benzene rings is 1. The third-order valence-electron chi connectivity index (χ3n) is 3.59. The zero-order valence-electron chi connectivity index (χ0n) is 13.9. The zero-order chi connectivity index (χ0) is 17.2. The number of ether oxygens (including phenoxy) is 1. The van der Waals surface area contributed by atoms with Crippen LogP contribution in [-0.2, 0) is 21.5 Å². The molecule has 6 nitrogen and oxygen atoms in total. The van der Waals surface area contributed by atoms with Gasteiger partial charge in [0.2, 0.25) is 5.91 Å². The second kappa shape index (κ2) is 6.78. The SMILES string of the molecule is COc1ccc(CN(C(=O)C(C)C)C2CC2)cc1OS(C)(=O)=O. The Morgan fingerprint density at radius 3 is 2.43 bits per heavy atom. The molecule has 128 valence electrons. The summed E-state index contributed by atoms with van der Waals surface area (Å²) in [6, 6.07) is 5.37. The fourth-order valence-electron chi connectivity index (χ4n) is 2.35. The molecule has 0 unspecified atom stereocenters. The van der Waals surface area contributed by atoms with Crippen LogP contribution in [0, 0.1) is 5.92 Å². The number of carbonyl (C=O) groups excluding carboxylic acids is 1. The molecule has 0 spiro atoms. The molecule has 0 atom stereocenters. The Hall–Kier alpha value is -1.76.